The van der Waals surface area contributed by atoms with Crippen molar-refractivity contribution in [3.05, 3.63) is 102 Å². The quantitative estimate of drug-likeness (QED) is 0.236. The summed E-state index contributed by atoms with van der Waals surface area (Å²) in [6.45, 7) is 2.96. The van der Waals surface area contributed by atoms with Crippen LogP contribution in [0.3, 0.4) is 0 Å². The van der Waals surface area contributed by atoms with Gasteiger partial charge in [-0.2, -0.15) is 0 Å². The van der Waals surface area contributed by atoms with Crippen LogP contribution in [0.5, 0.6) is 5.75 Å². The monoisotopic (exact) mass is 559 g/mol. The zero-order chi connectivity index (χ0) is 27.0. The highest BCUT2D eigenvalue weighted by Crippen LogP contribution is 2.36. The number of rotatable bonds is 8. The van der Waals surface area contributed by atoms with Gasteiger partial charge in [0.2, 0.25) is 0 Å². The highest BCUT2D eigenvalue weighted by atomic mass is 32.2. The number of carbonyl (C=O) groups is 1. The van der Waals surface area contributed by atoms with E-state index in [2.05, 4.69) is 0 Å². The number of ether oxygens (including phenoxy) is 1. The van der Waals surface area contributed by atoms with Gasteiger partial charge in [-0.3, -0.25) is 14.0 Å². The second kappa shape index (κ2) is 10.2. The minimum absolute atomic E-state index is 0.134. The maximum atomic E-state index is 13.8. The van der Waals surface area contributed by atoms with Crippen LogP contribution in [-0.2, 0) is 23.0 Å². The third-order valence-corrected chi connectivity index (χ3v) is 9.45. The molecule has 2 aromatic heterocycles. The lowest BCUT2D eigenvalue weighted by molar-refractivity contribution is 0.0983. The molecule has 0 N–H and O–H groups in total. The molecule has 0 unspecified atom stereocenters. The topological polar surface area (TPSA) is 92.9 Å². The number of sulfonamides is 1. The van der Waals surface area contributed by atoms with Gasteiger partial charge in [0.05, 0.1) is 34.7 Å². The fourth-order valence-corrected chi connectivity index (χ4v) is 7.18. The molecule has 6 rings (SSSR count). The van der Waals surface area contributed by atoms with Crippen molar-refractivity contribution in [1.82, 2.24) is 4.98 Å². The molecule has 5 aromatic rings. The van der Waals surface area contributed by atoms with Gasteiger partial charge < -0.3 is 9.15 Å². The Hall–Kier alpha value is -4.15. The number of aromatic nitrogens is 1. The highest BCUT2D eigenvalue weighted by Gasteiger charge is 2.31. The molecule has 0 saturated heterocycles. The maximum absolute atomic E-state index is 13.8. The predicted octanol–water partition coefficient (Wildman–Crippen LogP) is 5.89. The molecule has 3 aromatic carbocycles. The summed E-state index contributed by atoms with van der Waals surface area (Å²) in [7, 11) is -3.77. The zero-order valence-corrected chi connectivity index (χ0v) is 22.7. The van der Waals surface area contributed by atoms with Crippen LogP contribution in [0.15, 0.2) is 94.4 Å². The second-order valence-electron chi connectivity index (χ2n) is 8.98. The minimum atomic E-state index is -3.77. The number of fused-ring (bicyclic) bond motifs is 2. The van der Waals surface area contributed by atoms with E-state index in [-0.39, 0.29) is 17.3 Å². The van der Waals surface area contributed by atoms with Gasteiger partial charge >= 0.3 is 0 Å². The number of hydrogen-bond donors (Lipinski definition) is 0. The summed E-state index contributed by atoms with van der Waals surface area (Å²) in [4.78, 5) is 20.2. The number of furan rings is 1. The standard InChI is InChI=1S/C29H25N3O5S2/c1-2-36-25-10-5-11-26-27(25)30-29(38-26)31(19-22-8-6-18-37-22)28(33)21-12-14-23(15-13-21)39(34,35)32-17-16-20-7-3-4-9-24(20)32/h3-15,18H,2,16-17,19H2,1H3. The van der Waals surface area contributed by atoms with Gasteiger partial charge in [-0.25, -0.2) is 13.4 Å². The Morgan fingerprint density at radius 3 is 2.64 bits per heavy atom. The van der Waals surface area contributed by atoms with Crippen LogP contribution in [-0.4, -0.2) is 32.5 Å². The Balaban J connectivity index is 1.32. The van der Waals surface area contributed by atoms with Crippen LogP contribution in [0.1, 0.15) is 28.6 Å². The first-order chi connectivity index (χ1) is 19.0. The third kappa shape index (κ3) is 4.66. The molecule has 0 aliphatic carbocycles. The first-order valence-electron chi connectivity index (χ1n) is 12.5. The van der Waals surface area contributed by atoms with E-state index in [1.54, 1.807) is 35.4 Å². The number of hydrogen-bond acceptors (Lipinski definition) is 7. The lowest BCUT2D eigenvalue weighted by Crippen LogP contribution is -2.31. The van der Waals surface area contributed by atoms with Crippen molar-refractivity contribution in [2.75, 3.05) is 22.4 Å². The van der Waals surface area contributed by atoms with Crippen molar-refractivity contribution < 1.29 is 22.4 Å². The number of thiazole rings is 1. The van der Waals surface area contributed by atoms with Crippen LogP contribution < -0.4 is 13.9 Å². The van der Waals surface area contributed by atoms with E-state index in [0.717, 1.165) is 10.3 Å². The van der Waals surface area contributed by atoms with Crippen LogP contribution in [0.4, 0.5) is 10.8 Å². The number of amides is 1. The van der Waals surface area contributed by atoms with E-state index in [1.807, 2.05) is 49.4 Å². The molecular weight excluding hydrogens is 534 g/mol. The summed E-state index contributed by atoms with van der Waals surface area (Å²) < 4.78 is 40.4. The number of para-hydroxylation sites is 2. The molecule has 1 aliphatic heterocycles. The number of benzene rings is 3. The van der Waals surface area contributed by atoms with E-state index >= 15 is 0 Å². The van der Waals surface area contributed by atoms with Gasteiger partial charge in [-0.15, -0.1) is 0 Å². The molecule has 0 fully saturated rings. The molecule has 0 saturated carbocycles. The van der Waals surface area contributed by atoms with E-state index < -0.39 is 10.0 Å². The van der Waals surface area contributed by atoms with E-state index in [4.69, 9.17) is 14.1 Å². The molecule has 1 amide bonds. The average Bonchev–Trinajstić information content (AvgIpc) is 3.72. The highest BCUT2D eigenvalue weighted by molar-refractivity contribution is 7.92. The van der Waals surface area contributed by atoms with Crippen LogP contribution in [0, 0.1) is 0 Å². The van der Waals surface area contributed by atoms with Gasteiger partial charge in [-0.1, -0.05) is 35.6 Å². The predicted molar refractivity (Wildman–Crippen MR) is 151 cm³/mol. The third-order valence-electron chi connectivity index (χ3n) is 6.57. The summed E-state index contributed by atoms with van der Waals surface area (Å²) in [6.07, 6.45) is 2.22. The molecule has 0 radical (unpaired) electrons. The molecule has 198 valence electrons. The van der Waals surface area contributed by atoms with Crippen LogP contribution in [0.25, 0.3) is 10.2 Å². The maximum Gasteiger partial charge on any atom is 0.264 e. The first-order valence-corrected chi connectivity index (χ1v) is 14.8. The average molecular weight is 560 g/mol. The molecule has 0 spiro atoms. The fraction of sp³-hybridized carbons (Fsp3) is 0.172. The van der Waals surface area contributed by atoms with E-state index in [1.165, 1.54) is 27.8 Å². The van der Waals surface area contributed by atoms with Gasteiger partial charge in [0, 0.05) is 12.1 Å². The first kappa shape index (κ1) is 25.1. The van der Waals surface area contributed by atoms with E-state index in [9.17, 15) is 13.2 Å². The molecule has 0 bridgehead atoms. The Labute approximate surface area is 230 Å². The molecule has 8 nitrogen and oxygen atoms in total. The smallest absolute Gasteiger partial charge is 0.264 e. The van der Waals surface area contributed by atoms with Crippen molar-refractivity contribution >= 4 is 48.3 Å². The summed E-state index contributed by atoms with van der Waals surface area (Å²) >= 11 is 1.38. The van der Waals surface area contributed by atoms with Crippen LogP contribution >= 0.6 is 11.3 Å². The lowest BCUT2D eigenvalue weighted by Gasteiger charge is -2.21. The minimum Gasteiger partial charge on any atom is -0.492 e. The Morgan fingerprint density at radius 1 is 1.05 bits per heavy atom. The lowest BCUT2D eigenvalue weighted by atomic mass is 10.2. The molecule has 39 heavy (non-hydrogen) atoms. The largest absolute Gasteiger partial charge is 0.492 e. The fourth-order valence-electron chi connectivity index (χ4n) is 4.69. The van der Waals surface area contributed by atoms with Gasteiger partial charge in [-0.05, 0) is 73.5 Å². The number of anilines is 2. The number of nitrogens with zero attached hydrogens (tertiary/aromatic N) is 3. The summed E-state index contributed by atoms with van der Waals surface area (Å²) in [6, 6.07) is 22.8. The normalized spacial score (nSPS) is 13.0. The van der Waals surface area contributed by atoms with Crippen molar-refractivity contribution in [2.45, 2.75) is 24.8 Å². The molecular formula is C29H25N3O5S2. The second-order valence-corrected chi connectivity index (χ2v) is 11.9. The Morgan fingerprint density at radius 2 is 1.87 bits per heavy atom. The van der Waals surface area contributed by atoms with Gasteiger partial charge in [0.15, 0.2) is 5.13 Å². The SMILES string of the molecule is CCOc1cccc2sc(N(Cc3ccco3)C(=O)c3ccc(S(=O)(=O)N4CCc5ccccc54)cc3)nc12. The summed E-state index contributed by atoms with van der Waals surface area (Å²) in [5, 5.41) is 0.490. The molecule has 1 aliphatic rings. The summed E-state index contributed by atoms with van der Waals surface area (Å²) in [5.74, 6) is 0.930. The van der Waals surface area contributed by atoms with Crippen molar-refractivity contribution in [3.63, 3.8) is 0 Å². The van der Waals surface area contributed by atoms with Crippen molar-refractivity contribution in [3.8, 4) is 5.75 Å². The van der Waals surface area contributed by atoms with Crippen molar-refractivity contribution in [2.24, 2.45) is 0 Å². The van der Waals surface area contributed by atoms with Gasteiger partial charge in [0.25, 0.3) is 15.9 Å². The zero-order valence-electron chi connectivity index (χ0n) is 21.1. The van der Waals surface area contributed by atoms with Crippen LogP contribution in [0.2, 0.25) is 0 Å². The Bertz CT molecular complexity index is 1750. The Kier molecular flexibility index (Phi) is 6.58. The number of carbonyl (C=O) groups excluding carboxylic acids is 1. The summed E-state index contributed by atoms with van der Waals surface area (Å²) in [5.41, 5.74) is 2.73. The van der Waals surface area contributed by atoms with E-state index in [0.29, 0.717) is 53.0 Å². The van der Waals surface area contributed by atoms with Crippen molar-refractivity contribution in [1.29, 1.82) is 0 Å². The molecule has 10 heteroatoms. The van der Waals surface area contributed by atoms with Gasteiger partial charge in [0.1, 0.15) is 17.0 Å². The molecule has 0 atom stereocenters. The molecule has 3 heterocycles.